The van der Waals surface area contributed by atoms with Gasteiger partial charge < -0.3 is 9.73 Å². The summed E-state index contributed by atoms with van der Waals surface area (Å²) in [6.45, 7) is 5.90. The van der Waals surface area contributed by atoms with Crippen LogP contribution in [0.5, 0.6) is 0 Å². The Morgan fingerprint density at radius 1 is 1.35 bits per heavy atom. The molecule has 1 aliphatic heterocycles. The van der Waals surface area contributed by atoms with Crippen molar-refractivity contribution in [3.05, 3.63) is 17.9 Å². The molecule has 1 saturated heterocycles. The van der Waals surface area contributed by atoms with Crippen LogP contribution in [0, 0.1) is 0 Å². The lowest BCUT2D eigenvalue weighted by atomic mass is 10.1. The predicted molar refractivity (Wildman–Crippen MR) is 76.7 cm³/mol. The van der Waals surface area contributed by atoms with E-state index < -0.39 is 10.0 Å². The van der Waals surface area contributed by atoms with Gasteiger partial charge in [-0.1, -0.05) is 6.42 Å². The number of likely N-dealkylation sites (tertiary alicyclic amines) is 1. The largest absolute Gasteiger partial charge is 0.447 e. The van der Waals surface area contributed by atoms with E-state index in [0.717, 1.165) is 6.54 Å². The molecule has 114 valence electrons. The highest BCUT2D eigenvalue weighted by Gasteiger charge is 2.17. The molecule has 1 aromatic rings. The molecule has 20 heavy (non-hydrogen) atoms. The second-order valence-corrected chi connectivity index (χ2v) is 6.83. The molecule has 1 aliphatic rings. The Morgan fingerprint density at radius 3 is 2.65 bits per heavy atom. The smallest absolute Gasteiger partial charge is 0.271 e. The molecule has 1 fully saturated rings. The molecule has 3 N–H and O–H groups in total. The number of furan rings is 1. The van der Waals surface area contributed by atoms with Crippen LogP contribution in [0.15, 0.2) is 21.6 Å². The third kappa shape index (κ3) is 4.31. The molecule has 0 bridgehead atoms. The van der Waals surface area contributed by atoms with E-state index in [9.17, 15) is 8.42 Å². The Balaban J connectivity index is 1.76. The van der Waals surface area contributed by atoms with Crippen LogP contribution in [-0.4, -0.2) is 39.0 Å². The molecular weight excluding hydrogens is 278 g/mol. The Morgan fingerprint density at radius 2 is 2.05 bits per heavy atom. The van der Waals surface area contributed by atoms with E-state index >= 15 is 0 Å². The van der Waals surface area contributed by atoms with Crippen molar-refractivity contribution in [2.24, 2.45) is 5.14 Å². The highest BCUT2D eigenvalue weighted by Crippen LogP contribution is 2.13. The van der Waals surface area contributed by atoms with Crippen molar-refractivity contribution < 1.29 is 12.8 Å². The van der Waals surface area contributed by atoms with Crippen LogP contribution in [0.2, 0.25) is 0 Å². The molecule has 0 aliphatic carbocycles. The SMILES string of the molecule is CC(CNCc1ccc(S(N)(=O)=O)o1)N1CCCCC1. The summed E-state index contributed by atoms with van der Waals surface area (Å²) in [5.74, 6) is 0.583. The zero-order valence-corrected chi connectivity index (χ0v) is 12.7. The molecule has 1 atom stereocenters. The molecule has 1 unspecified atom stereocenters. The Hall–Kier alpha value is -0.890. The Bertz CT molecular complexity index is 521. The summed E-state index contributed by atoms with van der Waals surface area (Å²) in [5.41, 5.74) is 0. The van der Waals surface area contributed by atoms with Crippen molar-refractivity contribution in [2.75, 3.05) is 19.6 Å². The molecule has 7 heteroatoms. The maximum absolute atomic E-state index is 11.1. The first-order chi connectivity index (χ1) is 9.47. The van der Waals surface area contributed by atoms with Crippen LogP contribution >= 0.6 is 0 Å². The zero-order valence-electron chi connectivity index (χ0n) is 11.8. The number of hydrogen-bond donors (Lipinski definition) is 2. The van der Waals surface area contributed by atoms with Crippen LogP contribution in [0.25, 0.3) is 0 Å². The van der Waals surface area contributed by atoms with E-state index in [0.29, 0.717) is 18.3 Å². The molecule has 2 rings (SSSR count). The molecule has 2 heterocycles. The molecule has 1 aromatic heterocycles. The van der Waals surface area contributed by atoms with Crippen molar-refractivity contribution >= 4 is 10.0 Å². The zero-order chi connectivity index (χ0) is 14.6. The van der Waals surface area contributed by atoms with E-state index in [-0.39, 0.29) is 5.09 Å². The van der Waals surface area contributed by atoms with Crippen molar-refractivity contribution in [3.63, 3.8) is 0 Å². The number of nitrogens with zero attached hydrogens (tertiary/aromatic N) is 1. The number of primary sulfonamides is 1. The number of piperidine rings is 1. The minimum absolute atomic E-state index is 0.182. The van der Waals surface area contributed by atoms with Gasteiger partial charge in [-0.3, -0.25) is 4.90 Å². The number of sulfonamides is 1. The summed E-state index contributed by atoms with van der Waals surface area (Å²) in [5, 5.41) is 8.11. The molecule has 0 saturated carbocycles. The van der Waals surface area contributed by atoms with Gasteiger partial charge in [-0.2, -0.15) is 0 Å². The summed E-state index contributed by atoms with van der Waals surface area (Å²) in [4.78, 5) is 2.48. The highest BCUT2D eigenvalue weighted by molar-refractivity contribution is 7.89. The molecule has 0 radical (unpaired) electrons. The maximum Gasteiger partial charge on any atom is 0.271 e. The van der Waals surface area contributed by atoms with Gasteiger partial charge in [0.25, 0.3) is 10.0 Å². The number of hydrogen-bond acceptors (Lipinski definition) is 5. The van der Waals surface area contributed by atoms with Crippen LogP contribution < -0.4 is 10.5 Å². The number of nitrogens with one attached hydrogen (secondary N) is 1. The molecule has 0 aromatic carbocycles. The van der Waals surface area contributed by atoms with Gasteiger partial charge in [-0.15, -0.1) is 0 Å². The summed E-state index contributed by atoms with van der Waals surface area (Å²) < 4.78 is 27.4. The van der Waals surface area contributed by atoms with Gasteiger partial charge in [0.15, 0.2) is 0 Å². The molecule has 6 nitrogen and oxygen atoms in total. The summed E-state index contributed by atoms with van der Waals surface area (Å²) in [6.07, 6.45) is 3.89. The van der Waals surface area contributed by atoms with Crippen molar-refractivity contribution in [1.82, 2.24) is 10.2 Å². The molecule has 0 amide bonds. The van der Waals surface area contributed by atoms with E-state index in [1.165, 1.54) is 38.4 Å². The standard InChI is InChI=1S/C13H23N3O3S/c1-11(16-7-3-2-4-8-16)9-15-10-12-5-6-13(19-12)20(14,17)18/h5-6,11,15H,2-4,7-10H2,1H3,(H2,14,17,18). The minimum atomic E-state index is -3.74. The third-order valence-electron chi connectivity index (χ3n) is 3.67. The van der Waals surface area contributed by atoms with Gasteiger partial charge in [0, 0.05) is 12.6 Å². The Kier molecular flexibility index (Phi) is 5.20. The van der Waals surface area contributed by atoms with Crippen molar-refractivity contribution in [3.8, 4) is 0 Å². The minimum Gasteiger partial charge on any atom is -0.447 e. The van der Waals surface area contributed by atoms with Crippen LogP contribution in [0.3, 0.4) is 0 Å². The first kappa shape index (κ1) is 15.5. The lowest BCUT2D eigenvalue weighted by molar-refractivity contribution is 0.170. The van der Waals surface area contributed by atoms with E-state index in [1.54, 1.807) is 6.07 Å². The van der Waals surface area contributed by atoms with E-state index in [1.807, 2.05) is 0 Å². The second kappa shape index (κ2) is 6.71. The third-order valence-corrected chi connectivity index (χ3v) is 4.45. The fourth-order valence-corrected chi connectivity index (χ4v) is 2.98. The van der Waals surface area contributed by atoms with Gasteiger partial charge in [-0.25, -0.2) is 13.6 Å². The van der Waals surface area contributed by atoms with E-state index in [4.69, 9.17) is 9.56 Å². The average molecular weight is 301 g/mol. The molecular formula is C13H23N3O3S. The molecule has 0 spiro atoms. The maximum atomic E-state index is 11.1. The van der Waals surface area contributed by atoms with Gasteiger partial charge in [0.1, 0.15) is 5.76 Å². The quantitative estimate of drug-likeness (QED) is 0.814. The van der Waals surface area contributed by atoms with Gasteiger partial charge in [-0.05, 0) is 45.0 Å². The summed E-state index contributed by atoms with van der Waals surface area (Å²) in [7, 11) is -3.74. The summed E-state index contributed by atoms with van der Waals surface area (Å²) in [6, 6.07) is 3.50. The average Bonchev–Trinajstić information content (AvgIpc) is 2.88. The van der Waals surface area contributed by atoms with Crippen LogP contribution in [0.1, 0.15) is 31.9 Å². The lowest BCUT2D eigenvalue weighted by Crippen LogP contribution is -2.42. The van der Waals surface area contributed by atoms with Gasteiger partial charge in [0.2, 0.25) is 5.09 Å². The highest BCUT2D eigenvalue weighted by atomic mass is 32.2. The summed E-state index contributed by atoms with van der Waals surface area (Å²) >= 11 is 0. The fourth-order valence-electron chi connectivity index (χ4n) is 2.50. The van der Waals surface area contributed by atoms with Crippen LogP contribution in [-0.2, 0) is 16.6 Å². The predicted octanol–water partition coefficient (Wildman–Crippen LogP) is 0.891. The topological polar surface area (TPSA) is 88.6 Å². The van der Waals surface area contributed by atoms with Gasteiger partial charge in [0.05, 0.1) is 6.54 Å². The first-order valence-electron chi connectivity index (χ1n) is 7.03. The normalized spacial score (nSPS) is 19.1. The van der Waals surface area contributed by atoms with Crippen molar-refractivity contribution in [2.45, 2.75) is 43.9 Å². The van der Waals surface area contributed by atoms with E-state index in [2.05, 4.69) is 17.1 Å². The number of nitrogens with two attached hydrogens (primary N) is 1. The van der Waals surface area contributed by atoms with Crippen LogP contribution in [0.4, 0.5) is 0 Å². The van der Waals surface area contributed by atoms with Crippen molar-refractivity contribution in [1.29, 1.82) is 0 Å². The van der Waals surface area contributed by atoms with Gasteiger partial charge >= 0.3 is 0 Å². The first-order valence-corrected chi connectivity index (χ1v) is 8.58. The Labute approximate surface area is 120 Å². The fraction of sp³-hybridized carbons (Fsp3) is 0.692. The monoisotopic (exact) mass is 301 g/mol. The number of rotatable bonds is 6. The second-order valence-electron chi connectivity index (χ2n) is 5.34. The lowest BCUT2D eigenvalue weighted by Gasteiger charge is -2.32.